The molecule has 0 atom stereocenters. The Labute approximate surface area is 167 Å². The largest absolute Gasteiger partial charge is 0.484 e. The smallest absolute Gasteiger partial charge is 0.275 e. The number of aryl methyl sites for hydroxylation is 1. The van der Waals surface area contributed by atoms with Crippen LogP contribution in [0.25, 0.3) is 10.2 Å². The second kappa shape index (κ2) is 7.52. The van der Waals surface area contributed by atoms with E-state index < -0.39 is 0 Å². The van der Waals surface area contributed by atoms with Crippen molar-refractivity contribution < 1.29 is 19.1 Å². The number of hydrogen-bond donors (Lipinski definition) is 1. The van der Waals surface area contributed by atoms with E-state index in [1.807, 2.05) is 25.1 Å². The number of aliphatic hydroxyl groups excluding tert-OH is 1. The lowest BCUT2D eigenvalue weighted by atomic mass is 9.69. The predicted molar refractivity (Wildman–Crippen MR) is 106 cm³/mol. The lowest BCUT2D eigenvalue weighted by Gasteiger charge is -2.42. The lowest BCUT2D eigenvalue weighted by molar-refractivity contribution is 0.0144. The summed E-state index contributed by atoms with van der Waals surface area (Å²) >= 11 is 1.64. The topological polar surface area (TPSA) is 88.7 Å². The van der Waals surface area contributed by atoms with Crippen LogP contribution in [0.3, 0.4) is 0 Å². The molecule has 0 aliphatic heterocycles. The summed E-state index contributed by atoms with van der Waals surface area (Å²) in [7, 11) is 1.73. The average molecular weight is 401 g/mol. The van der Waals surface area contributed by atoms with Crippen LogP contribution < -0.4 is 4.74 Å². The first-order valence-corrected chi connectivity index (χ1v) is 10.1. The number of amides is 1. The molecule has 1 saturated carbocycles. The fourth-order valence-electron chi connectivity index (χ4n) is 3.55. The predicted octanol–water partition coefficient (Wildman–Crippen LogP) is 3.41. The molecule has 1 fully saturated rings. The first-order chi connectivity index (χ1) is 13.5. The molecule has 1 aliphatic carbocycles. The van der Waals surface area contributed by atoms with E-state index in [1.165, 1.54) is 6.26 Å². The molecule has 1 aromatic carbocycles. The molecule has 0 radical (unpaired) electrons. The molecule has 1 amide bonds. The van der Waals surface area contributed by atoms with Crippen LogP contribution in [-0.2, 0) is 6.61 Å². The van der Waals surface area contributed by atoms with E-state index in [0.717, 1.165) is 34.5 Å². The fourth-order valence-corrected chi connectivity index (χ4v) is 4.35. The highest BCUT2D eigenvalue weighted by molar-refractivity contribution is 7.18. The number of thiazole rings is 1. The summed E-state index contributed by atoms with van der Waals surface area (Å²) < 4.78 is 12.3. The lowest BCUT2D eigenvalue weighted by Crippen LogP contribution is -2.45. The zero-order valence-electron chi connectivity index (χ0n) is 16.0. The maximum Gasteiger partial charge on any atom is 0.275 e. The molecule has 2 heterocycles. The molecular weight excluding hydrogens is 378 g/mol. The van der Waals surface area contributed by atoms with Crippen molar-refractivity contribution in [2.24, 2.45) is 5.41 Å². The minimum Gasteiger partial charge on any atom is -0.484 e. The van der Waals surface area contributed by atoms with Crippen molar-refractivity contribution in [3.8, 4) is 5.75 Å². The first-order valence-electron chi connectivity index (χ1n) is 9.29. The SMILES string of the molecule is Cc1nc2cc(OCc3nc(C(=O)N(C)CC4(CO)CCC4)co3)ccc2s1. The van der Waals surface area contributed by atoms with Crippen molar-refractivity contribution in [1.29, 1.82) is 0 Å². The van der Waals surface area contributed by atoms with Gasteiger partial charge in [-0.15, -0.1) is 11.3 Å². The van der Waals surface area contributed by atoms with Crippen LogP contribution in [0.15, 0.2) is 28.9 Å². The maximum absolute atomic E-state index is 12.6. The van der Waals surface area contributed by atoms with Crippen LogP contribution >= 0.6 is 11.3 Å². The Morgan fingerprint density at radius 1 is 1.39 bits per heavy atom. The molecule has 0 bridgehead atoms. The Bertz CT molecular complexity index is 987. The van der Waals surface area contributed by atoms with Gasteiger partial charge in [0.25, 0.3) is 5.91 Å². The van der Waals surface area contributed by atoms with Crippen molar-refractivity contribution >= 4 is 27.5 Å². The minimum atomic E-state index is -0.214. The third-order valence-electron chi connectivity index (χ3n) is 5.27. The summed E-state index contributed by atoms with van der Waals surface area (Å²) in [6.45, 7) is 2.73. The molecule has 0 spiro atoms. The zero-order valence-corrected chi connectivity index (χ0v) is 16.8. The van der Waals surface area contributed by atoms with E-state index in [2.05, 4.69) is 9.97 Å². The number of oxazole rings is 1. The molecule has 28 heavy (non-hydrogen) atoms. The third-order valence-corrected chi connectivity index (χ3v) is 6.22. The standard InChI is InChI=1S/C20H23N3O4S/c1-13-21-15-8-14(4-5-17(15)28-13)26-10-18-22-16(9-27-18)19(25)23(2)11-20(12-24)6-3-7-20/h4-5,8-9,24H,3,6-7,10-12H2,1-2H3. The summed E-state index contributed by atoms with van der Waals surface area (Å²) in [4.78, 5) is 22.9. The molecule has 2 aromatic heterocycles. The van der Waals surface area contributed by atoms with Crippen LogP contribution in [-0.4, -0.2) is 46.1 Å². The van der Waals surface area contributed by atoms with Gasteiger partial charge in [-0.2, -0.15) is 0 Å². The van der Waals surface area contributed by atoms with E-state index in [9.17, 15) is 9.90 Å². The summed E-state index contributed by atoms with van der Waals surface area (Å²) in [6, 6.07) is 5.75. The molecule has 1 N–H and O–H groups in total. The van der Waals surface area contributed by atoms with Gasteiger partial charge in [0.1, 0.15) is 12.0 Å². The molecular formula is C20H23N3O4S. The van der Waals surface area contributed by atoms with E-state index in [-0.39, 0.29) is 30.2 Å². The molecule has 0 saturated heterocycles. The van der Waals surface area contributed by atoms with Gasteiger partial charge in [0.05, 0.1) is 21.8 Å². The highest BCUT2D eigenvalue weighted by atomic mass is 32.1. The van der Waals surface area contributed by atoms with E-state index in [0.29, 0.717) is 18.2 Å². The van der Waals surface area contributed by atoms with E-state index >= 15 is 0 Å². The number of rotatable bonds is 7. The highest BCUT2D eigenvalue weighted by Crippen LogP contribution is 2.41. The summed E-state index contributed by atoms with van der Waals surface area (Å²) in [6.07, 6.45) is 4.35. The van der Waals surface area contributed by atoms with Gasteiger partial charge in [-0.25, -0.2) is 9.97 Å². The van der Waals surface area contributed by atoms with Crippen molar-refractivity contribution in [3.63, 3.8) is 0 Å². The van der Waals surface area contributed by atoms with Crippen LogP contribution in [0.4, 0.5) is 0 Å². The molecule has 0 unspecified atom stereocenters. The second-order valence-electron chi connectivity index (χ2n) is 7.45. The third kappa shape index (κ3) is 3.74. The van der Waals surface area contributed by atoms with Crippen molar-refractivity contribution in [2.45, 2.75) is 32.8 Å². The van der Waals surface area contributed by atoms with Gasteiger partial charge in [0.15, 0.2) is 12.3 Å². The van der Waals surface area contributed by atoms with Crippen molar-refractivity contribution in [1.82, 2.24) is 14.9 Å². The minimum absolute atomic E-state index is 0.103. The molecule has 3 aromatic rings. The van der Waals surface area contributed by atoms with E-state index in [4.69, 9.17) is 9.15 Å². The normalized spacial score (nSPS) is 15.4. The summed E-state index contributed by atoms with van der Waals surface area (Å²) in [5.41, 5.74) is 0.991. The molecule has 1 aliphatic rings. The molecule has 148 valence electrons. The van der Waals surface area contributed by atoms with Crippen LogP contribution in [0.5, 0.6) is 5.75 Å². The number of benzene rings is 1. The second-order valence-corrected chi connectivity index (χ2v) is 8.69. The Hall–Kier alpha value is -2.45. The molecule has 8 heteroatoms. The number of aromatic nitrogens is 2. The quantitative estimate of drug-likeness (QED) is 0.653. The van der Waals surface area contributed by atoms with Crippen LogP contribution in [0, 0.1) is 12.3 Å². The van der Waals surface area contributed by atoms with Gasteiger partial charge in [0, 0.05) is 25.1 Å². The van der Waals surface area contributed by atoms with E-state index in [1.54, 1.807) is 23.3 Å². The Morgan fingerprint density at radius 2 is 2.21 bits per heavy atom. The number of carbonyl (C=O) groups excluding carboxylic acids is 1. The Balaban J connectivity index is 1.37. The van der Waals surface area contributed by atoms with Crippen molar-refractivity contribution in [3.05, 3.63) is 41.1 Å². The number of aliphatic hydroxyl groups is 1. The monoisotopic (exact) mass is 401 g/mol. The van der Waals surface area contributed by atoms with Gasteiger partial charge in [-0.1, -0.05) is 6.42 Å². The van der Waals surface area contributed by atoms with Gasteiger partial charge < -0.3 is 19.2 Å². The number of ether oxygens (including phenoxy) is 1. The molecule has 7 nitrogen and oxygen atoms in total. The Morgan fingerprint density at radius 3 is 2.93 bits per heavy atom. The van der Waals surface area contributed by atoms with Gasteiger partial charge >= 0.3 is 0 Å². The number of hydrogen-bond acceptors (Lipinski definition) is 7. The zero-order chi connectivity index (χ0) is 19.7. The highest BCUT2D eigenvalue weighted by Gasteiger charge is 2.38. The van der Waals surface area contributed by atoms with Crippen LogP contribution in [0.1, 0.15) is 40.6 Å². The van der Waals surface area contributed by atoms with Gasteiger partial charge in [-0.05, 0) is 31.9 Å². The summed E-state index contributed by atoms with van der Waals surface area (Å²) in [5.74, 6) is 0.803. The number of fused-ring (bicyclic) bond motifs is 1. The average Bonchev–Trinajstić information content (AvgIpc) is 3.27. The summed E-state index contributed by atoms with van der Waals surface area (Å²) in [5, 5.41) is 10.6. The molecule has 4 rings (SSSR count). The maximum atomic E-state index is 12.6. The fraction of sp³-hybridized carbons (Fsp3) is 0.450. The van der Waals surface area contributed by atoms with Crippen molar-refractivity contribution in [2.75, 3.05) is 20.2 Å². The first kappa shape index (κ1) is 18.9. The Kier molecular flexibility index (Phi) is 5.07. The van der Waals surface area contributed by atoms with Gasteiger partial charge in [-0.3, -0.25) is 4.79 Å². The van der Waals surface area contributed by atoms with Gasteiger partial charge in [0.2, 0.25) is 5.89 Å². The number of carbonyl (C=O) groups is 1. The van der Waals surface area contributed by atoms with Crippen LogP contribution in [0.2, 0.25) is 0 Å². The number of nitrogens with zero attached hydrogens (tertiary/aromatic N) is 3.